The van der Waals surface area contributed by atoms with Crippen molar-refractivity contribution in [1.82, 2.24) is 4.90 Å². The highest BCUT2D eigenvalue weighted by Crippen LogP contribution is 2.31. The molecule has 76 valence electrons. The summed E-state index contributed by atoms with van der Waals surface area (Å²) in [5, 5.41) is 0. The minimum atomic E-state index is -1.08. The van der Waals surface area contributed by atoms with E-state index in [2.05, 4.69) is 4.90 Å². The highest BCUT2D eigenvalue weighted by atomic mass is 19.1. The van der Waals surface area contributed by atoms with Gasteiger partial charge in [0.05, 0.1) is 0 Å². The zero-order valence-electron chi connectivity index (χ0n) is 8.14. The van der Waals surface area contributed by atoms with E-state index in [1.54, 1.807) is 0 Å². The molecule has 1 saturated heterocycles. The topological polar surface area (TPSA) is 29.3 Å². The van der Waals surface area contributed by atoms with Crippen LogP contribution in [-0.4, -0.2) is 36.2 Å². The summed E-state index contributed by atoms with van der Waals surface area (Å²) in [6, 6.07) is 0.657. The van der Waals surface area contributed by atoms with Gasteiger partial charge in [-0.1, -0.05) is 12.8 Å². The molecule has 2 N–H and O–H groups in total. The minimum absolute atomic E-state index is 0.191. The standard InChI is InChI=1S/C10H19FN2/c11-10(7-12)5-6-13(8-10)9-3-1-2-4-9/h9H,1-8,12H2. The van der Waals surface area contributed by atoms with Gasteiger partial charge in [-0.15, -0.1) is 0 Å². The zero-order chi connectivity index (χ0) is 9.31. The molecule has 1 heterocycles. The van der Waals surface area contributed by atoms with Crippen LogP contribution in [0.5, 0.6) is 0 Å². The first kappa shape index (κ1) is 9.41. The molecule has 13 heavy (non-hydrogen) atoms. The van der Waals surface area contributed by atoms with E-state index in [9.17, 15) is 4.39 Å². The first-order valence-corrected chi connectivity index (χ1v) is 5.37. The zero-order valence-corrected chi connectivity index (χ0v) is 8.14. The van der Waals surface area contributed by atoms with Crippen LogP contribution in [0.4, 0.5) is 4.39 Å². The number of nitrogens with two attached hydrogens (primary N) is 1. The van der Waals surface area contributed by atoms with Gasteiger partial charge in [0.1, 0.15) is 5.67 Å². The number of rotatable bonds is 2. The largest absolute Gasteiger partial charge is 0.327 e. The molecule has 0 radical (unpaired) electrons. The number of likely N-dealkylation sites (tertiary alicyclic amines) is 1. The normalized spacial score (nSPS) is 37.4. The van der Waals surface area contributed by atoms with Gasteiger partial charge in [0, 0.05) is 25.7 Å². The lowest BCUT2D eigenvalue weighted by Crippen LogP contribution is -2.39. The van der Waals surface area contributed by atoms with E-state index in [0.29, 0.717) is 19.0 Å². The van der Waals surface area contributed by atoms with Gasteiger partial charge in [-0.2, -0.15) is 0 Å². The Bertz CT molecular complexity index is 180. The lowest BCUT2D eigenvalue weighted by molar-refractivity contribution is 0.155. The predicted octanol–water partition coefficient (Wildman–Crippen LogP) is 1.30. The summed E-state index contributed by atoms with van der Waals surface area (Å²) in [5.74, 6) is 0. The maximum Gasteiger partial charge on any atom is 0.137 e. The van der Waals surface area contributed by atoms with Crippen LogP contribution in [0, 0.1) is 0 Å². The molecule has 0 aromatic heterocycles. The quantitative estimate of drug-likeness (QED) is 0.704. The van der Waals surface area contributed by atoms with Crippen molar-refractivity contribution in [2.75, 3.05) is 19.6 Å². The molecule has 2 aliphatic rings. The third kappa shape index (κ3) is 1.86. The Morgan fingerprint density at radius 1 is 1.38 bits per heavy atom. The summed E-state index contributed by atoms with van der Waals surface area (Å²) in [5.41, 5.74) is 4.35. The maximum atomic E-state index is 13.8. The first-order chi connectivity index (χ1) is 6.23. The molecule has 0 bridgehead atoms. The molecule has 1 saturated carbocycles. The predicted molar refractivity (Wildman–Crippen MR) is 51.3 cm³/mol. The van der Waals surface area contributed by atoms with Crippen molar-refractivity contribution in [3.63, 3.8) is 0 Å². The Morgan fingerprint density at radius 2 is 2.08 bits per heavy atom. The molecular formula is C10H19FN2. The third-order valence-electron chi connectivity index (χ3n) is 3.54. The summed E-state index contributed by atoms with van der Waals surface area (Å²) in [6.45, 7) is 1.68. The lowest BCUT2D eigenvalue weighted by atomic mass is 10.1. The number of hydrogen-bond donors (Lipinski definition) is 1. The fourth-order valence-corrected chi connectivity index (χ4v) is 2.61. The van der Waals surface area contributed by atoms with Gasteiger partial charge < -0.3 is 5.73 Å². The van der Waals surface area contributed by atoms with Gasteiger partial charge in [-0.25, -0.2) is 4.39 Å². The molecule has 1 atom stereocenters. The molecule has 3 heteroatoms. The number of hydrogen-bond acceptors (Lipinski definition) is 2. The fourth-order valence-electron chi connectivity index (χ4n) is 2.61. The van der Waals surface area contributed by atoms with E-state index in [0.717, 1.165) is 6.54 Å². The molecule has 0 aromatic carbocycles. The van der Waals surface area contributed by atoms with Crippen LogP contribution >= 0.6 is 0 Å². The van der Waals surface area contributed by atoms with E-state index < -0.39 is 5.67 Å². The second kappa shape index (κ2) is 3.54. The molecule has 2 nitrogen and oxygen atoms in total. The molecule has 1 aliphatic carbocycles. The smallest absolute Gasteiger partial charge is 0.137 e. The van der Waals surface area contributed by atoms with Crippen molar-refractivity contribution in [1.29, 1.82) is 0 Å². The summed E-state index contributed by atoms with van der Waals surface area (Å²) < 4.78 is 13.8. The summed E-state index contributed by atoms with van der Waals surface area (Å²) in [4.78, 5) is 2.31. The van der Waals surface area contributed by atoms with Gasteiger partial charge in [0.25, 0.3) is 0 Å². The Labute approximate surface area is 79.3 Å². The molecule has 2 rings (SSSR count). The van der Waals surface area contributed by atoms with Crippen LogP contribution in [0.15, 0.2) is 0 Å². The molecule has 0 amide bonds. The van der Waals surface area contributed by atoms with Crippen LogP contribution in [0.3, 0.4) is 0 Å². The fraction of sp³-hybridized carbons (Fsp3) is 1.00. The highest BCUT2D eigenvalue weighted by Gasteiger charge is 2.39. The highest BCUT2D eigenvalue weighted by molar-refractivity contribution is 4.94. The molecule has 1 unspecified atom stereocenters. The van der Waals surface area contributed by atoms with E-state index in [1.165, 1.54) is 25.7 Å². The van der Waals surface area contributed by atoms with Gasteiger partial charge in [0.2, 0.25) is 0 Å². The molecule has 0 aromatic rings. The molecule has 2 fully saturated rings. The van der Waals surface area contributed by atoms with E-state index in [1.807, 2.05) is 0 Å². The van der Waals surface area contributed by atoms with Crippen LogP contribution in [-0.2, 0) is 0 Å². The monoisotopic (exact) mass is 186 g/mol. The summed E-state index contributed by atoms with van der Waals surface area (Å²) in [6.07, 6.45) is 5.81. The van der Waals surface area contributed by atoms with Crippen LogP contribution < -0.4 is 5.73 Å². The summed E-state index contributed by atoms with van der Waals surface area (Å²) in [7, 11) is 0. The van der Waals surface area contributed by atoms with Crippen LogP contribution in [0.1, 0.15) is 32.1 Å². The van der Waals surface area contributed by atoms with Crippen molar-refractivity contribution in [3.8, 4) is 0 Å². The Morgan fingerprint density at radius 3 is 2.62 bits per heavy atom. The Kier molecular flexibility index (Phi) is 2.56. The van der Waals surface area contributed by atoms with Gasteiger partial charge in [0.15, 0.2) is 0 Å². The maximum absolute atomic E-state index is 13.8. The molecule has 1 aliphatic heterocycles. The minimum Gasteiger partial charge on any atom is -0.327 e. The van der Waals surface area contributed by atoms with Gasteiger partial charge >= 0.3 is 0 Å². The molecule has 0 spiro atoms. The second-order valence-corrected chi connectivity index (χ2v) is 4.51. The van der Waals surface area contributed by atoms with E-state index in [4.69, 9.17) is 5.73 Å². The summed E-state index contributed by atoms with van der Waals surface area (Å²) >= 11 is 0. The van der Waals surface area contributed by atoms with Crippen molar-refractivity contribution < 1.29 is 4.39 Å². The average Bonchev–Trinajstić information content (AvgIpc) is 2.73. The van der Waals surface area contributed by atoms with Crippen LogP contribution in [0.2, 0.25) is 0 Å². The van der Waals surface area contributed by atoms with Crippen LogP contribution in [0.25, 0.3) is 0 Å². The van der Waals surface area contributed by atoms with Gasteiger partial charge in [-0.3, -0.25) is 4.90 Å². The SMILES string of the molecule is NCC1(F)CCN(C2CCCC2)C1. The lowest BCUT2D eigenvalue weighted by Gasteiger charge is -2.24. The van der Waals surface area contributed by atoms with Gasteiger partial charge in [-0.05, 0) is 19.3 Å². The Balaban J connectivity index is 1.90. The third-order valence-corrected chi connectivity index (χ3v) is 3.54. The number of nitrogens with zero attached hydrogens (tertiary/aromatic N) is 1. The Hall–Kier alpha value is -0.150. The van der Waals surface area contributed by atoms with Crippen molar-refractivity contribution in [2.45, 2.75) is 43.8 Å². The molecular weight excluding hydrogens is 167 g/mol. The van der Waals surface area contributed by atoms with Crippen molar-refractivity contribution >= 4 is 0 Å². The average molecular weight is 186 g/mol. The number of halogens is 1. The van der Waals surface area contributed by atoms with Crippen molar-refractivity contribution in [2.24, 2.45) is 5.73 Å². The van der Waals surface area contributed by atoms with E-state index >= 15 is 0 Å². The van der Waals surface area contributed by atoms with Crippen molar-refractivity contribution in [3.05, 3.63) is 0 Å². The first-order valence-electron chi connectivity index (χ1n) is 5.37. The number of alkyl halides is 1. The van der Waals surface area contributed by atoms with E-state index in [-0.39, 0.29) is 6.54 Å². The second-order valence-electron chi connectivity index (χ2n) is 4.51.